The van der Waals surface area contributed by atoms with E-state index in [0.29, 0.717) is 0 Å². The summed E-state index contributed by atoms with van der Waals surface area (Å²) in [5.74, 6) is -0.742. The van der Waals surface area contributed by atoms with Crippen LogP contribution in [0.15, 0.2) is 0 Å². The number of hydrogen-bond acceptors (Lipinski definition) is 6. The third kappa shape index (κ3) is 11.0. The van der Waals surface area contributed by atoms with Gasteiger partial charge in [0.2, 0.25) is 0 Å². The van der Waals surface area contributed by atoms with Crippen LogP contribution in [0.3, 0.4) is 0 Å². The molecule has 92 valence electrons. The molecule has 0 bridgehead atoms. The fraction of sp³-hybridized carbons (Fsp3) is 1.00. The second kappa shape index (κ2) is 5.35. The first-order valence-corrected chi connectivity index (χ1v) is 7.78. The predicted octanol–water partition coefficient (Wildman–Crippen LogP) is 0.637. The normalized spacial score (nSPS) is 14.1. The maximum Gasteiger partial charge on any atom is 0.312 e. The summed E-state index contributed by atoms with van der Waals surface area (Å²) in [6.45, 7) is -0.609. The van der Waals surface area contributed by atoms with Crippen LogP contribution >= 0.6 is 34.8 Å². The molecule has 0 aliphatic carbocycles. The third-order valence-electron chi connectivity index (χ3n) is 0.852. The van der Waals surface area contributed by atoms with E-state index < -0.39 is 36.6 Å². The van der Waals surface area contributed by atoms with Gasteiger partial charge in [-0.15, -0.1) is 0 Å². The van der Waals surface area contributed by atoms with Crippen molar-refractivity contribution in [2.75, 3.05) is 18.6 Å². The number of alkyl halides is 3. The van der Waals surface area contributed by atoms with Crippen molar-refractivity contribution in [3.8, 4) is 0 Å². The van der Waals surface area contributed by atoms with Crippen LogP contribution in [-0.4, -0.2) is 39.4 Å². The van der Waals surface area contributed by atoms with Crippen molar-refractivity contribution in [1.29, 1.82) is 0 Å². The SMILES string of the molecule is CS(=O)(=O)OCCS(=O)(=O)OC(Cl)(Cl)Cl. The van der Waals surface area contributed by atoms with Crippen molar-refractivity contribution in [1.82, 2.24) is 0 Å². The van der Waals surface area contributed by atoms with Gasteiger partial charge >= 0.3 is 3.98 Å². The minimum absolute atomic E-state index is 0.609. The maximum atomic E-state index is 11.0. The summed E-state index contributed by atoms with van der Waals surface area (Å²) in [5, 5.41) is 0. The van der Waals surface area contributed by atoms with Gasteiger partial charge in [0.05, 0.1) is 12.9 Å². The van der Waals surface area contributed by atoms with Gasteiger partial charge in [0, 0.05) is 0 Å². The summed E-state index contributed by atoms with van der Waals surface area (Å²) < 4.78 is 48.7. The summed E-state index contributed by atoms with van der Waals surface area (Å²) in [4.78, 5) is 0. The Balaban J connectivity index is 4.19. The molecule has 0 aromatic heterocycles. The van der Waals surface area contributed by atoms with Gasteiger partial charge in [-0.2, -0.15) is 16.8 Å². The van der Waals surface area contributed by atoms with Crippen LogP contribution in [-0.2, 0) is 28.6 Å². The quantitative estimate of drug-likeness (QED) is 0.545. The van der Waals surface area contributed by atoms with E-state index in [0.717, 1.165) is 6.26 Å². The van der Waals surface area contributed by atoms with Gasteiger partial charge in [-0.3, -0.25) is 4.18 Å². The van der Waals surface area contributed by atoms with Gasteiger partial charge in [0.15, 0.2) is 0 Å². The van der Waals surface area contributed by atoms with E-state index >= 15 is 0 Å². The lowest BCUT2D eigenvalue weighted by atomic mass is 10.9. The molecule has 0 atom stereocenters. The first-order chi connectivity index (χ1) is 6.41. The highest BCUT2D eigenvalue weighted by molar-refractivity contribution is 7.87. The van der Waals surface area contributed by atoms with Crippen LogP contribution in [0, 0.1) is 0 Å². The van der Waals surface area contributed by atoms with E-state index in [4.69, 9.17) is 34.8 Å². The van der Waals surface area contributed by atoms with E-state index in [1.807, 2.05) is 0 Å². The van der Waals surface area contributed by atoms with Gasteiger partial charge < -0.3 is 0 Å². The Morgan fingerprint density at radius 1 is 1.13 bits per heavy atom. The summed E-state index contributed by atoms with van der Waals surface area (Å²) >= 11 is 15.2. The van der Waals surface area contributed by atoms with Crippen molar-refractivity contribution in [2.45, 2.75) is 3.98 Å². The molecule has 0 spiro atoms. The second-order valence-corrected chi connectivity index (χ2v) is 7.83. The van der Waals surface area contributed by atoms with Crippen molar-refractivity contribution in [3.63, 3.8) is 0 Å². The summed E-state index contributed by atoms with van der Waals surface area (Å²) in [6.07, 6.45) is 0.773. The van der Waals surface area contributed by atoms with Crippen molar-refractivity contribution in [2.24, 2.45) is 0 Å². The summed E-state index contributed by atoms with van der Waals surface area (Å²) in [6, 6.07) is 0. The molecule has 0 amide bonds. The first-order valence-electron chi connectivity index (χ1n) is 3.26. The van der Waals surface area contributed by atoms with Crippen LogP contribution in [0.4, 0.5) is 0 Å². The van der Waals surface area contributed by atoms with E-state index in [1.165, 1.54) is 0 Å². The number of halogens is 3. The molecule has 15 heavy (non-hydrogen) atoms. The molecule has 11 heteroatoms. The predicted molar refractivity (Wildman–Crippen MR) is 56.0 cm³/mol. The molecule has 0 aliphatic heterocycles. The van der Waals surface area contributed by atoms with E-state index in [2.05, 4.69) is 8.37 Å². The Hall–Kier alpha value is 0.690. The standard InChI is InChI=1S/C4H7Cl3O6S2/c1-14(8,9)12-2-3-15(10,11)13-4(5,6)7/h2-3H2,1H3. The number of rotatable bonds is 5. The lowest BCUT2D eigenvalue weighted by molar-refractivity contribution is 0.304. The fourth-order valence-corrected chi connectivity index (χ4v) is 2.49. The zero-order valence-corrected chi connectivity index (χ0v) is 11.2. The second-order valence-electron chi connectivity index (χ2n) is 2.32. The molecule has 0 unspecified atom stereocenters. The topological polar surface area (TPSA) is 86.7 Å². The Morgan fingerprint density at radius 3 is 1.93 bits per heavy atom. The van der Waals surface area contributed by atoms with Gasteiger partial charge in [-0.05, 0) is 0 Å². The Morgan fingerprint density at radius 2 is 1.60 bits per heavy atom. The van der Waals surface area contributed by atoms with Crippen LogP contribution in [0.1, 0.15) is 0 Å². The zero-order valence-electron chi connectivity index (χ0n) is 7.31. The van der Waals surface area contributed by atoms with Crippen LogP contribution in [0.5, 0.6) is 0 Å². The molecular weight excluding hydrogens is 315 g/mol. The monoisotopic (exact) mass is 320 g/mol. The highest BCUT2D eigenvalue weighted by Crippen LogP contribution is 2.29. The highest BCUT2D eigenvalue weighted by Gasteiger charge is 2.29. The molecule has 0 radical (unpaired) electrons. The van der Waals surface area contributed by atoms with Gasteiger partial charge in [-0.1, -0.05) is 34.8 Å². The maximum absolute atomic E-state index is 11.0. The van der Waals surface area contributed by atoms with Crippen LogP contribution in [0.25, 0.3) is 0 Å². The smallest absolute Gasteiger partial charge is 0.269 e. The molecule has 0 saturated carbocycles. The van der Waals surface area contributed by atoms with Gasteiger partial charge in [0.25, 0.3) is 20.2 Å². The molecule has 0 rings (SSSR count). The molecule has 0 N–H and O–H groups in total. The molecule has 0 aromatic rings. The van der Waals surface area contributed by atoms with Crippen molar-refractivity contribution < 1.29 is 25.2 Å². The van der Waals surface area contributed by atoms with E-state index in [1.54, 1.807) is 0 Å². The van der Waals surface area contributed by atoms with Gasteiger partial charge in [0.1, 0.15) is 5.75 Å². The minimum Gasteiger partial charge on any atom is -0.269 e. The molecule has 0 aliphatic rings. The first kappa shape index (κ1) is 15.7. The van der Waals surface area contributed by atoms with Crippen LogP contribution in [0.2, 0.25) is 0 Å². The lowest BCUT2D eigenvalue weighted by Gasteiger charge is -2.11. The molecule has 0 fully saturated rings. The largest absolute Gasteiger partial charge is 0.312 e. The lowest BCUT2D eigenvalue weighted by Crippen LogP contribution is -2.22. The molecule has 0 aromatic carbocycles. The highest BCUT2D eigenvalue weighted by atomic mass is 35.6. The number of hydrogen-bond donors (Lipinski definition) is 0. The van der Waals surface area contributed by atoms with Crippen LogP contribution < -0.4 is 0 Å². The Kier molecular flexibility index (Phi) is 5.59. The zero-order chi connectivity index (χ0) is 12.3. The summed E-state index contributed by atoms with van der Waals surface area (Å²) in [5.41, 5.74) is 0. The Bertz CT molecular complexity index is 393. The molecule has 6 nitrogen and oxygen atoms in total. The molecular formula is C4H7Cl3O6S2. The average molecular weight is 322 g/mol. The Labute approximate surface area is 103 Å². The summed E-state index contributed by atoms with van der Waals surface area (Å²) in [7, 11) is -7.86. The molecule has 0 heterocycles. The minimum atomic E-state index is -4.15. The van der Waals surface area contributed by atoms with Crippen molar-refractivity contribution in [3.05, 3.63) is 0 Å². The van der Waals surface area contributed by atoms with Gasteiger partial charge in [-0.25, -0.2) is 4.18 Å². The van der Waals surface area contributed by atoms with Crippen molar-refractivity contribution >= 4 is 55.0 Å². The average Bonchev–Trinajstić information content (AvgIpc) is 1.75. The van der Waals surface area contributed by atoms with E-state index in [-0.39, 0.29) is 0 Å². The van der Waals surface area contributed by atoms with E-state index in [9.17, 15) is 16.8 Å². The fourth-order valence-electron chi connectivity index (χ4n) is 0.473. The third-order valence-corrected chi connectivity index (χ3v) is 3.12. The molecule has 0 saturated heterocycles.